The Kier molecular flexibility index (Phi) is 6.66. The first-order chi connectivity index (χ1) is 28.7. The van der Waals surface area contributed by atoms with Gasteiger partial charge in [-0.05, 0) is 118 Å². The number of rotatable bonds is 3. The lowest BCUT2D eigenvalue weighted by molar-refractivity contribution is 0.673. The van der Waals surface area contributed by atoms with E-state index in [-0.39, 0.29) is 0 Å². The fourth-order valence-electron chi connectivity index (χ4n) is 9.76. The number of thiophene rings is 1. The number of para-hydroxylation sites is 1. The van der Waals surface area contributed by atoms with Gasteiger partial charge in [-0.1, -0.05) is 158 Å². The molecule has 0 spiro atoms. The Labute approximate surface area is 337 Å². The van der Waals surface area contributed by atoms with Gasteiger partial charge in [-0.15, -0.1) is 11.3 Å². The predicted octanol–water partition coefficient (Wildman–Crippen LogP) is 16.7. The molecule has 0 bridgehead atoms. The Hall–Kier alpha value is -7.26. The first-order valence-electron chi connectivity index (χ1n) is 19.9. The minimum Gasteiger partial charge on any atom is -0.455 e. The summed E-state index contributed by atoms with van der Waals surface area (Å²) in [4.78, 5) is 0. The van der Waals surface area contributed by atoms with Crippen LogP contribution < -0.4 is 0 Å². The highest BCUT2D eigenvalue weighted by molar-refractivity contribution is 7.26. The second-order valence-electron chi connectivity index (χ2n) is 15.5. The minimum atomic E-state index is 0.923. The summed E-state index contributed by atoms with van der Waals surface area (Å²) in [5.74, 6) is 0. The summed E-state index contributed by atoms with van der Waals surface area (Å²) in [6, 6.07) is 71.5. The van der Waals surface area contributed by atoms with Crippen LogP contribution in [0.15, 0.2) is 199 Å². The summed E-state index contributed by atoms with van der Waals surface area (Å²) >= 11 is 1.87. The van der Waals surface area contributed by atoms with Crippen molar-refractivity contribution in [1.82, 2.24) is 0 Å². The van der Waals surface area contributed by atoms with Gasteiger partial charge < -0.3 is 4.42 Å². The molecule has 0 fully saturated rings. The van der Waals surface area contributed by atoms with Crippen molar-refractivity contribution in [3.63, 3.8) is 0 Å². The lowest BCUT2D eigenvalue weighted by Gasteiger charge is -2.19. The van der Waals surface area contributed by atoms with E-state index in [1.54, 1.807) is 0 Å². The molecule has 0 aliphatic heterocycles. The Bertz CT molecular complexity index is 3800. The van der Waals surface area contributed by atoms with E-state index >= 15 is 0 Å². The van der Waals surface area contributed by atoms with Gasteiger partial charge in [-0.3, -0.25) is 0 Å². The van der Waals surface area contributed by atoms with Crippen LogP contribution in [0.3, 0.4) is 0 Å². The molecule has 1 nitrogen and oxygen atoms in total. The summed E-state index contributed by atoms with van der Waals surface area (Å²) in [5.41, 5.74) is 9.41. The van der Waals surface area contributed by atoms with E-state index in [1.165, 1.54) is 107 Å². The van der Waals surface area contributed by atoms with E-state index in [4.69, 9.17) is 4.42 Å². The molecular formula is C56H32OS. The molecule has 0 amide bonds. The first-order valence-corrected chi connectivity index (χ1v) is 20.7. The van der Waals surface area contributed by atoms with Gasteiger partial charge in [0.1, 0.15) is 11.2 Å². The molecule has 0 N–H and O–H groups in total. The largest absolute Gasteiger partial charge is 0.455 e. The van der Waals surface area contributed by atoms with Crippen molar-refractivity contribution in [2.24, 2.45) is 0 Å². The van der Waals surface area contributed by atoms with Crippen LogP contribution >= 0.6 is 11.3 Å². The van der Waals surface area contributed by atoms with Gasteiger partial charge >= 0.3 is 0 Å². The monoisotopic (exact) mass is 752 g/mol. The Morgan fingerprint density at radius 3 is 1.62 bits per heavy atom. The quantitative estimate of drug-likeness (QED) is 0.164. The third-order valence-electron chi connectivity index (χ3n) is 12.4. The normalized spacial score (nSPS) is 12.1. The maximum atomic E-state index is 6.68. The van der Waals surface area contributed by atoms with Crippen molar-refractivity contribution in [3.05, 3.63) is 194 Å². The molecule has 2 aromatic heterocycles. The zero-order valence-corrected chi connectivity index (χ0v) is 32.1. The molecule has 0 aliphatic carbocycles. The number of benzene rings is 11. The van der Waals surface area contributed by atoms with E-state index in [1.807, 2.05) is 11.3 Å². The average molecular weight is 753 g/mol. The van der Waals surface area contributed by atoms with Gasteiger partial charge in [-0.25, -0.2) is 0 Å². The molecule has 0 unspecified atom stereocenters. The molecule has 58 heavy (non-hydrogen) atoms. The van der Waals surface area contributed by atoms with Gasteiger partial charge in [0.15, 0.2) is 0 Å². The topological polar surface area (TPSA) is 13.1 Å². The van der Waals surface area contributed by atoms with Crippen molar-refractivity contribution < 1.29 is 4.42 Å². The zero-order chi connectivity index (χ0) is 37.9. The van der Waals surface area contributed by atoms with Gasteiger partial charge in [0.25, 0.3) is 0 Å². The molecule has 11 aromatic carbocycles. The van der Waals surface area contributed by atoms with Gasteiger partial charge in [0, 0.05) is 36.5 Å². The highest BCUT2D eigenvalue weighted by atomic mass is 32.1. The fourth-order valence-corrected chi connectivity index (χ4v) is 11.0. The van der Waals surface area contributed by atoms with Crippen molar-refractivity contribution in [3.8, 4) is 33.4 Å². The highest BCUT2D eigenvalue weighted by Crippen LogP contribution is 2.49. The van der Waals surface area contributed by atoms with Crippen LogP contribution in [0.1, 0.15) is 0 Å². The summed E-state index contributed by atoms with van der Waals surface area (Å²) < 4.78 is 9.22. The third kappa shape index (κ3) is 4.58. The van der Waals surface area contributed by atoms with E-state index in [2.05, 4.69) is 194 Å². The zero-order valence-electron chi connectivity index (χ0n) is 31.3. The Morgan fingerprint density at radius 2 is 0.879 bits per heavy atom. The average Bonchev–Trinajstić information content (AvgIpc) is 3.84. The van der Waals surface area contributed by atoms with Crippen molar-refractivity contribution >= 4 is 107 Å². The first kappa shape index (κ1) is 31.9. The number of furan rings is 1. The van der Waals surface area contributed by atoms with Gasteiger partial charge in [-0.2, -0.15) is 0 Å². The van der Waals surface area contributed by atoms with Crippen LogP contribution in [-0.2, 0) is 0 Å². The molecule has 0 atom stereocenters. The van der Waals surface area contributed by atoms with E-state index in [0.29, 0.717) is 0 Å². The summed E-state index contributed by atoms with van der Waals surface area (Å²) in [7, 11) is 0. The molecule has 0 aliphatic rings. The van der Waals surface area contributed by atoms with Crippen LogP contribution in [-0.4, -0.2) is 0 Å². The smallest absolute Gasteiger partial charge is 0.144 e. The van der Waals surface area contributed by atoms with Crippen LogP contribution in [0.2, 0.25) is 0 Å². The summed E-state index contributed by atoms with van der Waals surface area (Å²) in [5, 5.41) is 17.3. The van der Waals surface area contributed by atoms with Crippen LogP contribution in [0.5, 0.6) is 0 Å². The molecule has 0 saturated carbocycles. The Balaban J connectivity index is 1.02. The molecule has 2 heteroatoms. The molecule has 13 rings (SSSR count). The minimum absolute atomic E-state index is 0.923. The third-order valence-corrected chi connectivity index (χ3v) is 13.6. The molecule has 13 aromatic rings. The SMILES string of the molecule is c1ccc2cc3c(cc2c1)sc1c(-c2ccc4cc(-c5c6ccccc6c(-c6cccc7ccccc67)c6ccccc56)ccc4c2)cc2c4ccccc4oc2c13. The lowest BCUT2D eigenvalue weighted by Crippen LogP contribution is -1.91. The van der Waals surface area contributed by atoms with Crippen molar-refractivity contribution in [1.29, 1.82) is 0 Å². The molecule has 0 radical (unpaired) electrons. The second kappa shape index (κ2) is 12.1. The highest BCUT2D eigenvalue weighted by Gasteiger charge is 2.21. The maximum absolute atomic E-state index is 6.68. The standard InChI is InChI=1S/C56H32OS/c1-2-14-35-31-51-49(30-34(35)13-1)54-55-48(41-17-9-10-23-50(41)57-55)32-47(56(54)58-51)38-26-24-37-29-39(27-25-36(37)28-38)52-43-18-5-7-20-45(43)53(46-21-8-6-19-44(46)52)42-22-11-15-33-12-3-4-16-40(33)42/h1-32H. The van der Waals surface area contributed by atoms with Gasteiger partial charge in [0.2, 0.25) is 0 Å². The van der Waals surface area contributed by atoms with Crippen molar-refractivity contribution in [2.45, 2.75) is 0 Å². The Morgan fingerprint density at radius 1 is 0.328 bits per heavy atom. The van der Waals surface area contributed by atoms with Crippen LogP contribution in [0, 0.1) is 0 Å². The number of hydrogen-bond donors (Lipinski definition) is 0. The van der Waals surface area contributed by atoms with Crippen molar-refractivity contribution in [2.75, 3.05) is 0 Å². The van der Waals surface area contributed by atoms with Crippen LogP contribution in [0.4, 0.5) is 0 Å². The van der Waals surface area contributed by atoms with E-state index in [0.717, 1.165) is 21.9 Å². The second-order valence-corrected chi connectivity index (χ2v) is 16.6. The van der Waals surface area contributed by atoms with E-state index < -0.39 is 0 Å². The molecule has 0 saturated heterocycles. The van der Waals surface area contributed by atoms with E-state index in [9.17, 15) is 0 Å². The molecule has 268 valence electrons. The summed E-state index contributed by atoms with van der Waals surface area (Å²) in [6.07, 6.45) is 0. The predicted molar refractivity (Wildman–Crippen MR) is 250 cm³/mol. The maximum Gasteiger partial charge on any atom is 0.144 e. The van der Waals surface area contributed by atoms with Crippen LogP contribution in [0.25, 0.3) is 129 Å². The summed E-state index contributed by atoms with van der Waals surface area (Å²) in [6.45, 7) is 0. The van der Waals surface area contributed by atoms with Gasteiger partial charge in [0.05, 0.1) is 0 Å². The fraction of sp³-hybridized carbons (Fsp3) is 0. The number of hydrogen-bond acceptors (Lipinski definition) is 2. The molecule has 2 heterocycles. The lowest BCUT2D eigenvalue weighted by atomic mass is 9.84. The number of fused-ring (bicyclic) bond motifs is 12. The molecular weight excluding hydrogens is 721 g/mol.